The summed E-state index contributed by atoms with van der Waals surface area (Å²) in [6.07, 6.45) is 0.736. The Balaban J connectivity index is 2.13. The van der Waals surface area contributed by atoms with Crippen LogP contribution in [-0.2, 0) is 11.2 Å². The molecule has 3 heteroatoms. The molecule has 15 heavy (non-hydrogen) atoms. The van der Waals surface area contributed by atoms with E-state index in [1.54, 1.807) is 0 Å². The number of amides is 1. The van der Waals surface area contributed by atoms with Gasteiger partial charge >= 0.3 is 0 Å². The van der Waals surface area contributed by atoms with Crippen LogP contribution in [-0.4, -0.2) is 24.5 Å². The van der Waals surface area contributed by atoms with Crippen molar-refractivity contribution in [2.75, 3.05) is 13.1 Å². The van der Waals surface area contributed by atoms with Crippen LogP contribution in [0.2, 0.25) is 0 Å². The predicted octanol–water partition coefficient (Wildman–Crippen LogP) is 0.707. The van der Waals surface area contributed by atoms with Crippen LogP contribution in [0.25, 0.3) is 0 Å². The summed E-state index contributed by atoms with van der Waals surface area (Å²) in [7, 11) is 0. The van der Waals surface area contributed by atoms with Gasteiger partial charge in [-0.1, -0.05) is 30.3 Å². The summed E-state index contributed by atoms with van der Waals surface area (Å²) in [5.74, 6) is 0.0950. The molecule has 1 fully saturated rings. The van der Waals surface area contributed by atoms with Crippen LogP contribution < -0.4 is 10.6 Å². The van der Waals surface area contributed by atoms with E-state index in [0.29, 0.717) is 0 Å². The Morgan fingerprint density at radius 3 is 2.67 bits per heavy atom. The molecule has 0 aromatic heterocycles. The Morgan fingerprint density at radius 2 is 2.00 bits per heavy atom. The van der Waals surface area contributed by atoms with Gasteiger partial charge in [-0.15, -0.1) is 0 Å². The van der Waals surface area contributed by atoms with Crippen molar-refractivity contribution in [3.05, 3.63) is 35.9 Å². The lowest BCUT2D eigenvalue weighted by atomic mass is 9.90. The molecule has 0 saturated carbocycles. The third kappa shape index (κ3) is 2.18. The highest BCUT2D eigenvalue weighted by molar-refractivity contribution is 5.86. The molecule has 1 aliphatic rings. The van der Waals surface area contributed by atoms with E-state index in [9.17, 15) is 4.79 Å². The average Bonchev–Trinajstić information content (AvgIpc) is 2.24. The molecular formula is C12H16N2O. The van der Waals surface area contributed by atoms with Crippen molar-refractivity contribution in [2.24, 2.45) is 0 Å². The number of piperazine rings is 1. The molecule has 1 aliphatic heterocycles. The van der Waals surface area contributed by atoms with E-state index >= 15 is 0 Å². The van der Waals surface area contributed by atoms with Crippen LogP contribution in [0.4, 0.5) is 0 Å². The van der Waals surface area contributed by atoms with Crippen LogP contribution in [0.1, 0.15) is 12.5 Å². The highest BCUT2D eigenvalue weighted by Gasteiger charge is 2.34. The fraction of sp³-hybridized carbons (Fsp3) is 0.417. The second kappa shape index (κ2) is 4.03. The third-order valence-corrected chi connectivity index (χ3v) is 2.83. The maximum absolute atomic E-state index is 11.7. The van der Waals surface area contributed by atoms with Gasteiger partial charge in [-0.05, 0) is 18.9 Å². The number of benzene rings is 1. The summed E-state index contributed by atoms with van der Waals surface area (Å²) in [6, 6.07) is 10.1. The lowest BCUT2D eigenvalue weighted by Gasteiger charge is -2.34. The second-order valence-corrected chi connectivity index (χ2v) is 4.18. The molecule has 1 aromatic rings. The molecule has 2 N–H and O–H groups in total. The van der Waals surface area contributed by atoms with E-state index in [1.165, 1.54) is 5.56 Å². The van der Waals surface area contributed by atoms with E-state index in [2.05, 4.69) is 22.8 Å². The molecule has 1 heterocycles. The molecule has 0 bridgehead atoms. The predicted molar refractivity (Wildman–Crippen MR) is 59.6 cm³/mol. The molecule has 0 radical (unpaired) electrons. The average molecular weight is 204 g/mol. The summed E-state index contributed by atoms with van der Waals surface area (Å²) in [4.78, 5) is 11.7. The van der Waals surface area contributed by atoms with Crippen molar-refractivity contribution >= 4 is 5.91 Å². The number of carbonyl (C=O) groups is 1. The third-order valence-electron chi connectivity index (χ3n) is 2.83. The van der Waals surface area contributed by atoms with Crippen molar-refractivity contribution < 1.29 is 4.79 Å². The lowest BCUT2D eigenvalue weighted by molar-refractivity contribution is -0.128. The minimum atomic E-state index is -0.459. The van der Waals surface area contributed by atoms with E-state index in [1.807, 2.05) is 25.1 Å². The smallest absolute Gasteiger partial charge is 0.240 e. The van der Waals surface area contributed by atoms with Gasteiger partial charge in [0.15, 0.2) is 0 Å². The Labute approximate surface area is 89.9 Å². The van der Waals surface area contributed by atoms with Gasteiger partial charge in [0, 0.05) is 13.1 Å². The molecule has 1 unspecified atom stereocenters. The van der Waals surface area contributed by atoms with Gasteiger partial charge in [0.1, 0.15) is 0 Å². The zero-order chi connectivity index (χ0) is 10.7. The molecule has 80 valence electrons. The van der Waals surface area contributed by atoms with Gasteiger partial charge in [0.05, 0.1) is 5.54 Å². The summed E-state index contributed by atoms with van der Waals surface area (Å²) in [5, 5.41) is 6.17. The first kappa shape index (κ1) is 10.2. The summed E-state index contributed by atoms with van der Waals surface area (Å²) < 4.78 is 0. The van der Waals surface area contributed by atoms with Gasteiger partial charge in [0.2, 0.25) is 5.91 Å². The van der Waals surface area contributed by atoms with Crippen LogP contribution in [0.5, 0.6) is 0 Å². The Hall–Kier alpha value is -1.35. The zero-order valence-corrected chi connectivity index (χ0v) is 8.92. The standard InChI is InChI=1S/C12H16N2O/c1-12(11(15)13-7-8-14-12)9-10-5-3-2-4-6-10/h2-6,14H,7-9H2,1H3,(H,13,15). The number of carbonyl (C=O) groups excluding carboxylic acids is 1. The van der Waals surface area contributed by atoms with Gasteiger partial charge in [-0.2, -0.15) is 0 Å². The van der Waals surface area contributed by atoms with Gasteiger partial charge in [-0.3, -0.25) is 4.79 Å². The Morgan fingerprint density at radius 1 is 1.27 bits per heavy atom. The number of hydrogen-bond donors (Lipinski definition) is 2. The maximum Gasteiger partial charge on any atom is 0.240 e. The zero-order valence-electron chi connectivity index (χ0n) is 8.92. The largest absolute Gasteiger partial charge is 0.353 e. The molecule has 1 atom stereocenters. The highest BCUT2D eigenvalue weighted by atomic mass is 16.2. The van der Waals surface area contributed by atoms with Crippen molar-refractivity contribution in [2.45, 2.75) is 18.9 Å². The number of rotatable bonds is 2. The van der Waals surface area contributed by atoms with Gasteiger partial charge in [-0.25, -0.2) is 0 Å². The van der Waals surface area contributed by atoms with E-state index in [0.717, 1.165) is 19.5 Å². The molecule has 0 spiro atoms. The van der Waals surface area contributed by atoms with Gasteiger partial charge < -0.3 is 10.6 Å². The molecule has 1 aromatic carbocycles. The van der Waals surface area contributed by atoms with Crippen LogP contribution in [0, 0.1) is 0 Å². The lowest BCUT2D eigenvalue weighted by Crippen LogP contribution is -2.62. The van der Waals surface area contributed by atoms with Crippen molar-refractivity contribution in [3.8, 4) is 0 Å². The van der Waals surface area contributed by atoms with E-state index in [-0.39, 0.29) is 5.91 Å². The van der Waals surface area contributed by atoms with Crippen LogP contribution in [0.3, 0.4) is 0 Å². The Bertz CT molecular complexity index is 350. The molecule has 1 saturated heterocycles. The van der Waals surface area contributed by atoms with E-state index in [4.69, 9.17) is 0 Å². The minimum absolute atomic E-state index is 0.0950. The summed E-state index contributed by atoms with van der Waals surface area (Å²) in [5.41, 5.74) is 0.726. The number of hydrogen-bond acceptors (Lipinski definition) is 2. The van der Waals surface area contributed by atoms with Crippen molar-refractivity contribution in [3.63, 3.8) is 0 Å². The summed E-state index contributed by atoms with van der Waals surface area (Å²) >= 11 is 0. The quantitative estimate of drug-likeness (QED) is 0.745. The Kier molecular flexibility index (Phi) is 2.73. The molecular weight excluding hydrogens is 188 g/mol. The maximum atomic E-state index is 11.7. The molecule has 3 nitrogen and oxygen atoms in total. The molecule has 2 rings (SSSR count). The first-order valence-electron chi connectivity index (χ1n) is 5.28. The minimum Gasteiger partial charge on any atom is -0.353 e. The van der Waals surface area contributed by atoms with Crippen LogP contribution >= 0.6 is 0 Å². The van der Waals surface area contributed by atoms with Gasteiger partial charge in [0.25, 0.3) is 0 Å². The SMILES string of the molecule is CC1(Cc2ccccc2)NCCNC1=O. The first-order valence-corrected chi connectivity index (χ1v) is 5.28. The number of nitrogens with one attached hydrogen (secondary N) is 2. The monoisotopic (exact) mass is 204 g/mol. The fourth-order valence-electron chi connectivity index (χ4n) is 1.94. The van der Waals surface area contributed by atoms with Crippen molar-refractivity contribution in [1.29, 1.82) is 0 Å². The van der Waals surface area contributed by atoms with E-state index < -0.39 is 5.54 Å². The fourth-order valence-corrected chi connectivity index (χ4v) is 1.94. The second-order valence-electron chi connectivity index (χ2n) is 4.18. The highest BCUT2D eigenvalue weighted by Crippen LogP contribution is 2.14. The molecule has 1 amide bonds. The van der Waals surface area contributed by atoms with Crippen molar-refractivity contribution in [1.82, 2.24) is 10.6 Å². The van der Waals surface area contributed by atoms with Crippen LogP contribution in [0.15, 0.2) is 30.3 Å². The first-order chi connectivity index (χ1) is 7.21. The summed E-state index contributed by atoms with van der Waals surface area (Å²) in [6.45, 7) is 3.52. The topological polar surface area (TPSA) is 41.1 Å². The molecule has 0 aliphatic carbocycles. The normalized spacial score (nSPS) is 26.1.